The number of rotatable bonds is 5. The smallest absolute Gasteiger partial charge is 0.346 e. The fraction of sp³-hybridized carbons (Fsp3) is 1.00. The van der Waals surface area contributed by atoms with E-state index < -0.39 is 73.7 Å². The summed E-state index contributed by atoms with van der Waals surface area (Å²) in [6, 6.07) is 0. The van der Waals surface area contributed by atoms with Crippen molar-refractivity contribution in [2.75, 3.05) is 19.8 Å². The Morgan fingerprint density at radius 1 is 0.769 bits per heavy atom. The third kappa shape index (κ3) is 2.84. The van der Waals surface area contributed by atoms with E-state index in [1.54, 1.807) is 0 Å². The minimum absolute atomic E-state index is 0.881. The van der Waals surface area contributed by atoms with Crippen LogP contribution in [0, 0.1) is 0 Å². The zero-order valence-corrected chi connectivity index (χ0v) is 13.2. The van der Waals surface area contributed by atoms with Gasteiger partial charge >= 0.3 is 11.8 Å². The van der Waals surface area contributed by atoms with Crippen molar-refractivity contribution in [3.8, 4) is 0 Å². The Hall–Kier alpha value is -0.560. The van der Waals surface area contributed by atoms with E-state index >= 15 is 0 Å². The maximum absolute atomic E-state index is 10.3. The van der Waals surface area contributed by atoms with E-state index in [1.165, 1.54) is 0 Å². The molecule has 26 heavy (non-hydrogen) atoms. The van der Waals surface area contributed by atoms with E-state index in [-0.39, 0.29) is 0 Å². The number of aliphatic hydroxyl groups is 11. The molecule has 0 saturated carbocycles. The fourth-order valence-corrected chi connectivity index (χ4v) is 2.77. The van der Waals surface area contributed by atoms with Crippen LogP contribution < -0.4 is 0 Å². The fourth-order valence-electron chi connectivity index (χ4n) is 2.77. The van der Waals surface area contributed by atoms with E-state index in [9.17, 15) is 46.0 Å². The molecule has 0 spiro atoms. The quantitative estimate of drug-likeness (QED) is 0.195. The van der Waals surface area contributed by atoms with Crippen LogP contribution in [0.2, 0.25) is 0 Å². The molecule has 154 valence electrons. The number of hydrogen-bond donors (Lipinski definition) is 11. The first-order valence-corrected chi connectivity index (χ1v) is 7.38. The number of ether oxygens (including phenoxy) is 3. The highest BCUT2D eigenvalue weighted by molar-refractivity contribution is 5.05. The van der Waals surface area contributed by atoms with Crippen molar-refractivity contribution in [1.29, 1.82) is 0 Å². The lowest BCUT2D eigenvalue weighted by Crippen LogP contribution is -2.81. The molecule has 2 rings (SSSR count). The molecular formula is C12H22O14. The van der Waals surface area contributed by atoms with Crippen LogP contribution in [0.25, 0.3) is 0 Å². The molecule has 0 bridgehead atoms. The van der Waals surface area contributed by atoms with E-state index in [2.05, 4.69) is 4.74 Å². The largest absolute Gasteiger partial charge is 0.394 e. The zero-order chi connectivity index (χ0) is 20.1. The lowest BCUT2D eigenvalue weighted by Gasteiger charge is -2.54. The summed E-state index contributed by atoms with van der Waals surface area (Å²) in [6.45, 7) is -3.39. The van der Waals surface area contributed by atoms with Gasteiger partial charge in [-0.05, 0) is 0 Å². The van der Waals surface area contributed by atoms with Gasteiger partial charge in [-0.15, -0.1) is 0 Å². The predicted octanol–water partition coefficient (Wildman–Crippen LogP) is -7.44. The van der Waals surface area contributed by atoms with E-state index in [4.69, 9.17) is 19.7 Å². The molecule has 0 radical (unpaired) electrons. The van der Waals surface area contributed by atoms with Crippen LogP contribution in [0.15, 0.2) is 0 Å². The third-order valence-electron chi connectivity index (χ3n) is 4.43. The second-order valence-corrected chi connectivity index (χ2v) is 6.11. The van der Waals surface area contributed by atoms with Gasteiger partial charge in [0.25, 0.3) is 5.79 Å². The topological polar surface area (TPSA) is 250 Å². The molecule has 14 heteroatoms. The van der Waals surface area contributed by atoms with Gasteiger partial charge in [-0.2, -0.15) is 0 Å². The maximum Gasteiger partial charge on any atom is 0.346 e. The molecule has 2 aliphatic rings. The van der Waals surface area contributed by atoms with Crippen molar-refractivity contribution in [2.45, 2.75) is 53.9 Å². The first-order valence-electron chi connectivity index (χ1n) is 7.38. The molecule has 1 unspecified atom stereocenters. The number of hydrogen-bond acceptors (Lipinski definition) is 14. The van der Waals surface area contributed by atoms with E-state index in [1.807, 2.05) is 0 Å². The summed E-state index contributed by atoms with van der Waals surface area (Å²) >= 11 is 0. The Labute approximate surface area is 145 Å². The van der Waals surface area contributed by atoms with Gasteiger partial charge in [0.15, 0.2) is 0 Å². The van der Waals surface area contributed by atoms with Crippen LogP contribution in [0.4, 0.5) is 0 Å². The minimum Gasteiger partial charge on any atom is -0.394 e. The van der Waals surface area contributed by atoms with Gasteiger partial charge in [0.05, 0.1) is 13.2 Å². The molecule has 0 amide bonds. The lowest BCUT2D eigenvalue weighted by molar-refractivity contribution is -0.593. The van der Waals surface area contributed by atoms with Crippen molar-refractivity contribution in [3.05, 3.63) is 0 Å². The molecule has 0 aliphatic carbocycles. The van der Waals surface area contributed by atoms with Gasteiger partial charge in [0, 0.05) is 0 Å². The van der Waals surface area contributed by atoms with Crippen molar-refractivity contribution in [1.82, 2.24) is 0 Å². The molecule has 2 fully saturated rings. The van der Waals surface area contributed by atoms with Gasteiger partial charge in [-0.1, -0.05) is 0 Å². The summed E-state index contributed by atoms with van der Waals surface area (Å²) in [5, 5.41) is 107. The molecule has 11 N–H and O–H groups in total. The highest BCUT2D eigenvalue weighted by Crippen LogP contribution is 2.45. The summed E-state index contributed by atoms with van der Waals surface area (Å²) in [5.41, 5.74) is 0. The van der Waals surface area contributed by atoms with Gasteiger partial charge in [-0.25, -0.2) is 0 Å². The Morgan fingerprint density at radius 2 is 1.31 bits per heavy atom. The molecule has 2 saturated heterocycles. The molecule has 14 nitrogen and oxygen atoms in total. The van der Waals surface area contributed by atoms with Crippen LogP contribution in [-0.2, 0) is 14.2 Å². The standard InChI is InChI=1S/C12H22O14/c13-1-4-6(16)8(18)9(3-15,24-4)26-12(23)11(21,22)10(19,20)7(17)5(2-14)25-12/h4-8,13-23H,1-3H2/t4-,5-,6-,7-,8+,9?,12-/m1/s1. The monoisotopic (exact) mass is 390 g/mol. The highest BCUT2D eigenvalue weighted by Gasteiger charge is 2.75. The predicted molar refractivity (Wildman–Crippen MR) is 72.1 cm³/mol. The van der Waals surface area contributed by atoms with E-state index in [0.717, 1.165) is 0 Å². The molecule has 2 aliphatic heterocycles. The van der Waals surface area contributed by atoms with Crippen LogP contribution in [0.3, 0.4) is 0 Å². The van der Waals surface area contributed by atoms with Crippen LogP contribution in [0.1, 0.15) is 0 Å². The first-order chi connectivity index (χ1) is 11.8. The SMILES string of the molecule is OC[C@H]1OC(CO)(O[C@]2(O)O[C@H](CO)[C@@H](O)C(O)(O)C2(O)O)[C@@H](O)[C@@H]1O. The normalized spacial score (nSPS) is 47.9. The van der Waals surface area contributed by atoms with Crippen molar-refractivity contribution < 1.29 is 70.4 Å². The Bertz CT molecular complexity index is 512. The molecule has 0 aromatic heterocycles. The van der Waals surface area contributed by atoms with Crippen molar-refractivity contribution in [3.63, 3.8) is 0 Å². The molecule has 7 atom stereocenters. The van der Waals surface area contributed by atoms with Crippen LogP contribution in [-0.4, -0.2) is 130 Å². The summed E-state index contributed by atoms with van der Waals surface area (Å²) in [7, 11) is 0. The molecule has 2 heterocycles. The van der Waals surface area contributed by atoms with Gasteiger partial charge in [0.2, 0.25) is 5.79 Å². The van der Waals surface area contributed by atoms with Gasteiger partial charge < -0.3 is 65.6 Å². The van der Waals surface area contributed by atoms with Crippen molar-refractivity contribution >= 4 is 0 Å². The Kier molecular flexibility index (Phi) is 5.68. The highest BCUT2D eigenvalue weighted by atomic mass is 16.9. The minimum atomic E-state index is -4.21. The van der Waals surface area contributed by atoms with Gasteiger partial charge in [0.1, 0.15) is 37.1 Å². The lowest BCUT2D eigenvalue weighted by atomic mass is 9.90. The maximum atomic E-state index is 10.3. The number of aliphatic hydroxyl groups excluding tert-OH is 6. The zero-order valence-electron chi connectivity index (χ0n) is 13.2. The average molecular weight is 390 g/mol. The third-order valence-corrected chi connectivity index (χ3v) is 4.43. The molecule has 0 aromatic rings. The van der Waals surface area contributed by atoms with Crippen LogP contribution in [0.5, 0.6) is 0 Å². The summed E-state index contributed by atoms with van der Waals surface area (Å²) in [6.07, 6.45) is -10.2. The summed E-state index contributed by atoms with van der Waals surface area (Å²) < 4.78 is 14.2. The summed E-state index contributed by atoms with van der Waals surface area (Å²) in [5.74, 6) is -14.9. The second kappa shape index (κ2) is 6.80. The van der Waals surface area contributed by atoms with Crippen molar-refractivity contribution in [2.24, 2.45) is 0 Å². The summed E-state index contributed by atoms with van der Waals surface area (Å²) in [4.78, 5) is 0. The van der Waals surface area contributed by atoms with Gasteiger partial charge in [-0.3, -0.25) is 4.74 Å². The van der Waals surface area contributed by atoms with E-state index in [0.29, 0.717) is 0 Å². The molecular weight excluding hydrogens is 368 g/mol. The average Bonchev–Trinajstić information content (AvgIpc) is 2.82. The Balaban J connectivity index is 2.44. The van der Waals surface area contributed by atoms with Crippen LogP contribution >= 0.6 is 0 Å². The Morgan fingerprint density at radius 3 is 1.73 bits per heavy atom. The first kappa shape index (κ1) is 21.7. The second-order valence-electron chi connectivity index (χ2n) is 6.11. The molecule has 0 aromatic carbocycles.